The van der Waals surface area contributed by atoms with E-state index in [1.54, 1.807) is 19.3 Å². The minimum Gasteiger partial charge on any atom is -0.367 e. The van der Waals surface area contributed by atoms with Crippen LogP contribution >= 0.6 is 58.9 Å². The standard InChI is InChI=1S/C14H23Cl2N5S.HI/c1-17-14(19-5-3-4-8-22-2)20-7-6-18-13-12(16)9-11(15)10-21-13;/h9-10H,3-8H2,1-2H3,(H,18,21)(H2,17,19,20);1H. The second-order valence-corrected chi connectivity index (χ2v) is 6.37. The van der Waals surface area contributed by atoms with E-state index in [0.717, 1.165) is 18.9 Å². The van der Waals surface area contributed by atoms with Crippen molar-refractivity contribution in [3.05, 3.63) is 22.3 Å². The lowest BCUT2D eigenvalue weighted by Crippen LogP contribution is -2.40. The van der Waals surface area contributed by atoms with Gasteiger partial charge in [0, 0.05) is 32.9 Å². The van der Waals surface area contributed by atoms with Crippen LogP contribution in [0.3, 0.4) is 0 Å². The first-order valence-electron chi connectivity index (χ1n) is 7.15. The van der Waals surface area contributed by atoms with E-state index in [1.807, 2.05) is 11.8 Å². The number of unbranched alkanes of at least 4 members (excludes halogenated alkanes) is 1. The summed E-state index contributed by atoms with van der Waals surface area (Å²) in [6.45, 7) is 2.32. The lowest BCUT2D eigenvalue weighted by molar-refractivity contribution is 0.735. The number of nitrogens with one attached hydrogen (secondary N) is 3. The second-order valence-electron chi connectivity index (χ2n) is 4.54. The van der Waals surface area contributed by atoms with Gasteiger partial charge in [-0.25, -0.2) is 4.98 Å². The lowest BCUT2D eigenvalue weighted by Gasteiger charge is -2.12. The molecule has 0 aliphatic heterocycles. The number of aromatic nitrogens is 1. The maximum Gasteiger partial charge on any atom is 0.191 e. The highest BCUT2D eigenvalue weighted by molar-refractivity contribution is 14.0. The van der Waals surface area contributed by atoms with Crippen LogP contribution in [-0.2, 0) is 0 Å². The van der Waals surface area contributed by atoms with Gasteiger partial charge in [0.05, 0.1) is 10.0 Å². The Balaban J connectivity index is 0.00000484. The van der Waals surface area contributed by atoms with E-state index in [0.29, 0.717) is 29.0 Å². The van der Waals surface area contributed by atoms with Crippen LogP contribution in [-0.4, -0.2) is 49.6 Å². The third-order valence-corrected chi connectivity index (χ3v) is 4.00. The average molecular weight is 492 g/mol. The largest absolute Gasteiger partial charge is 0.367 e. The van der Waals surface area contributed by atoms with Gasteiger partial charge in [-0.2, -0.15) is 11.8 Å². The van der Waals surface area contributed by atoms with Crippen molar-refractivity contribution < 1.29 is 0 Å². The fourth-order valence-corrected chi connectivity index (χ4v) is 2.64. The molecule has 1 aromatic heterocycles. The third kappa shape index (κ3) is 10.4. The molecule has 0 radical (unpaired) electrons. The number of rotatable bonds is 9. The second kappa shape index (κ2) is 14.2. The highest BCUT2D eigenvalue weighted by Gasteiger charge is 2.02. The normalized spacial score (nSPS) is 10.9. The molecular weight excluding hydrogens is 468 g/mol. The number of thioether (sulfide) groups is 1. The Morgan fingerprint density at radius 2 is 1.96 bits per heavy atom. The van der Waals surface area contributed by atoms with Gasteiger partial charge in [-0.15, -0.1) is 24.0 Å². The molecule has 0 fully saturated rings. The van der Waals surface area contributed by atoms with E-state index in [-0.39, 0.29) is 24.0 Å². The van der Waals surface area contributed by atoms with Gasteiger partial charge in [-0.3, -0.25) is 4.99 Å². The van der Waals surface area contributed by atoms with Gasteiger partial charge in [-0.1, -0.05) is 23.2 Å². The Kier molecular flexibility index (Phi) is 14.2. The van der Waals surface area contributed by atoms with Crippen molar-refractivity contribution in [1.82, 2.24) is 15.6 Å². The van der Waals surface area contributed by atoms with E-state index >= 15 is 0 Å². The van der Waals surface area contributed by atoms with Crippen molar-refractivity contribution in [2.75, 3.05) is 44.0 Å². The van der Waals surface area contributed by atoms with Crippen LogP contribution in [0.15, 0.2) is 17.3 Å². The van der Waals surface area contributed by atoms with Gasteiger partial charge in [0.15, 0.2) is 5.96 Å². The van der Waals surface area contributed by atoms with Gasteiger partial charge >= 0.3 is 0 Å². The summed E-state index contributed by atoms with van der Waals surface area (Å²) in [5, 5.41) is 10.7. The summed E-state index contributed by atoms with van der Waals surface area (Å²) in [5.74, 6) is 2.64. The summed E-state index contributed by atoms with van der Waals surface area (Å²) in [7, 11) is 1.77. The predicted octanol–water partition coefficient (Wildman–Crippen LogP) is 3.73. The van der Waals surface area contributed by atoms with E-state index in [9.17, 15) is 0 Å². The molecule has 0 amide bonds. The minimum absolute atomic E-state index is 0. The number of hydrogen-bond donors (Lipinski definition) is 3. The Morgan fingerprint density at radius 3 is 2.61 bits per heavy atom. The first-order chi connectivity index (χ1) is 10.7. The molecule has 0 aromatic carbocycles. The molecule has 1 heterocycles. The van der Waals surface area contributed by atoms with Gasteiger partial charge < -0.3 is 16.0 Å². The summed E-state index contributed by atoms with van der Waals surface area (Å²) in [6, 6.07) is 1.67. The van der Waals surface area contributed by atoms with Crippen molar-refractivity contribution in [3.8, 4) is 0 Å². The fraction of sp³-hybridized carbons (Fsp3) is 0.571. The maximum absolute atomic E-state index is 6.04. The maximum atomic E-state index is 6.04. The molecule has 0 aliphatic rings. The highest BCUT2D eigenvalue weighted by Crippen LogP contribution is 2.21. The van der Waals surface area contributed by atoms with Crippen molar-refractivity contribution in [1.29, 1.82) is 0 Å². The molecule has 1 aromatic rings. The van der Waals surface area contributed by atoms with Crippen LogP contribution in [0.4, 0.5) is 5.82 Å². The first-order valence-corrected chi connectivity index (χ1v) is 9.30. The summed E-state index contributed by atoms with van der Waals surface area (Å²) in [5.41, 5.74) is 0. The Hall–Kier alpha value is -0.120. The van der Waals surface area contributed by atoms with Gasteiger partial charge in [0.2, 0.25) is 0 Å². The number of hydrogen-bond acceptors (Lipinski definition) is 4. The number of guanidine groups is 1. The van der Waals surface area contributed by atoms with Crippen LogP contribution < -0.4 is 16.0 Å². The number of aliphatic imine (C=N–C) groups is 1. The lowest BCUT2D eigenvalue weighted by atomic mass is 10.3. The SMILES string of the molecule is CN=C(NCCCCSC)NCCNc1ncc(Cl)cc1Cl.I. The molecule has 132 valence electrons. The van der Waals surface area contributed by atoms with Crippen LogP contribution in [0.25, 0.3) is 0 Å². The van der Waals surface area contributed by atoms with E-state index in [4.69, 9.17) is 23.2 Å². The Bertz CT molecular complexity index is 476. The molecular formula is C14H24Cl2IN5S. The number of pyridine rings is 1. The topological polar surface area (TPSA) is 61.3 Å². The molecule has 23 heavy (non-hydrogen) atoms. The first kappa shape index (κ1) is 22.9. The summed E-state index contributed by atoms with van der Waals surface area (Å²) >= 11 is 13.7. The fourth-order valence-electron chi connectivity index (χ4n) is 1.71. The van der Waals surface area contributed by atoms with Crippen molar-refractivity contribution in [3.63, 3.8) is 0 Å². The smallest absolute Gasteiger partial charge is 0.191 e. The average Bonchev–Trinajstić information content (AvgIpc) is 2.51. The van der Waals surface area contributed by atoms with Gasteiger partial charge in [0.25, 0.3) is 0 Å². The van der Waals surface area contributed by atoms with E-state index in [1.165, 1.54) is 12.2 Å². The van der Waals surface area contributed by atoms with Crippen molar-refractivity contribution >= 4 is 70.7 Å². The van der Waals surface area contributed by atoms with Crippen LogP contribution in [0.2, 0.25) is 10.0 Å². The zero-order valence-corrected chi connectivity index (χ0v) is 18.0. The summed E-state index contributed by atoms with van der Waals surface area (Å²) in [4.78, 5) is 8.32. The van der Waals surface area contributed by atoms with Gasteiger partial charge in [0.1, 0.15) is 5.82 Å². The molecule has 0 saturated heterocycles. The summed E-state index contributed by atoms with van der Waals surface area (Å²) in [6.07, 6.45) is 6.05. The van der Waals surface area contributed by atoms with Crippen molar-refractivity contribution in [2.24, 2.45) is 4.99 Å². The number of halogens is 3. The molecule has 9 heteroatoms. The van der Waals surface area contributed by atoms with Crippen LogP contribution in [0.5, 0.6) is 0 Å². The minimum atomic E-state index is 0. The Labute approximate surface area is 169 Å². The van der Waals surface area contributed by atoms with Crippen LogP contribution in [0, 0.1) is 0 Å². The number of anilines is 1. The zero-order chi connectivity index (χ0) is 16.2. The molecule has 0 bridgehead atoms. The molecule has 0 saturated carbocycles. The molecule has 0 spiro atoms. The predicted molar refractivity (Wildman–Crippen MR) is 115 cm³/mol. The van der Waals surface area contributed by atoms with E-state index in [2.05, 4.69) is 32.2 Å². The Morgan fingerprint density at radius 1 is 1.22 bits per heavy atom. The molecule has 3 N–H and O–H groups in total. The van der Waals surface area contributed by atoms with Gasteiger partial charge in [-0.05, 0) is 30.9 Å². The molecule has 0 unspecified atom stereocenters. The molecule has 5 nitrogen and oxygen atoms in total. The zero-order valence-electron chi connectivity index (χ0n) is 13.4. The monoisotopic (exact) mass is 491 g/mol. The molecule has 1 rings (SSSR count). The molecule has 0 aliphatic carbocycles. The number of nitrogens with zero attached hydrogens (tertiary/aromatic N) is 2. The third-order valence-electron chi connectivity index (χ3n) is 2.81. The summed E-state index contributed by atoms with van der Waals surface area (Å²) < 4.78 is 0. The highest BCUT2D eigenvalue weighted by atomic mass is 127. The quantitative estimate of drug-likeness (QED) is 0.212. The molecule has 0 atom stereocenters. The van der Waals surface area contributed by atoms with E-state index < -0.39 is 0 Å². The van der Waals surface area contributed by atoms with Crippen molar-refractivity contribution in [2.45, 2.75) is 12.8 Å². The van der Waals surface area contributed by atoms with Crippen LogP contribution in [0.1, 0.15) is 12.8 Å².